The van der Waals surface area contributed by atoms with Crippen molar-refractivity contribution in [1.29, 1.82) is 0 Å². The van der Waals surface area contributed by atoms with E-state index in [1.54, 1.807) is 11.9 Å². The van der Waals surface area contributed by atoms with Crippen LogP contribution in [0.15, 0.2) is 0 Å². The lowest BCUT2D eigenvalue weighted by Crippen LogP contribution is -2.32. The number of amides is 1. The molecule has 52 valence electrons. The van der Waals surface area contributed by atoms with E-state index in [9.17, 15) is 4.79 Å². The van der Waals surface area contributed by atoms with Crippen LogP contribution in [-0.2, 0) is 4.79 Å². The molecular weight excluding hydrogens is 136 g/mol. The molecule has 4 heteroatoms. The molecule has 0 aromatic carbocycles. The summed E-state index contributed by atoms with van der Waals surface area (Å²) in [4.78, 5) is 9.92. The van der Waals surface area contributed by atoms with Crippen LogP contribution in [0.1, 0.15) is 12.8 Å². The van der Waals surface area contributed by atoms with Gasteiger partial charge in [0.2, 0.25) is 6.41 Å². The van der Waals surface area contributed by atoms with Crippen LogP contribution in [0.5, 0.6) is 0 Å². The molecule has 9 heavy (non-hydrogen) atoms. The van der Waals surface area contributed by atoms with Crippen LogP contribution in [0.4, 0.5) is 0 Å². The Labute approximate surface area is 58.7 Å². The second-order valence-corrected chi connectivity index (χ2v) is 3.02. The molecule has 1 rings (SSSR count). The highest BCUT2D eigenvalue weighted by atomic mass is 32.2. The van der Waals surface area contributed by atoms with E-state index in [0.717, 1.165) is 25.8 Å². The van der Waals surface area contributed by atoms with Gasteiger partial charge in [-0.3, -0.25) is 9.52 Å². The molecular formula is C5H10N2OS. The molecule has 2 N–H and O–H groups in total. The lowest BCUT2D eigenvalue weighted by atomic mass is 10.3. The van der Waals surface area contributed by atoms with Gasteiger partial charge in [0, 0.05) is 6.54 Å². The maximum atomic E-state index is 9.92. The topological polar surface area (TPSA) is 41.1 Å². The van der Waals surface area contributed by atoms with Gasteiger partial charge in [0.1, 0.15) is 0 Å². The molecule has 0 aliphatic carbocycles. The van der Waals surface area contributed by atoms with Crippen molar-refractivity contribution < 1.29 is 4.79 Å². The molecule has 3 nitrogen and oxygen atoms in total. The maximum absolute atomic E-state index is 9.92. The Morgan fingerprint density at radius 2 is 2.67 bits per heavy atom. The van der Waals surface area contributed by atoms with Crippen molar-refractivity contribution in [3.63, 3.8) is 0 Å². The first-order valence-electron chi connectivity index (χ1n) is 3.01. The first-order chi connectivity index (χ1) is 4.43. The van der Waals surface area contributed by atoms with Crippen LogP contribution in [0.25, 0.3) is 0 Å². The summed E-state index contributed by atoms with van der Waals surface area (Å²) in [7, 11) is 0. The fourth-order valence-electron chi connectivity index (χ4n) is 0.771. The van der Waals surface area contributed by atoms with Gasteiger partial charge in [-0.25, -0.2) is 0 Å². The summed E-state index contributed by atoms with van der Waals surface area (Å²) in [6, 6.07) is 0. The van der Waals surface area contributed by atoms with Crippen LogP contribution in [0, 0.1) is 0 Å². The SMILES string of the molecule is O=CNC1CCCNS1. The van der Waals surface area contributed by atoms with E-state index in [1.807, 2.05) is 0 Å². The van der Waals surface area contributed by atoms with Crippen molar-refractivity contribution in [2.75, 3.05) is 6.54 Å². The van der Waals surface area contributed by atoms with Gasteiger partial charge in [-0.2, -0.15) is 0 Å². The van der Waals surface area contributed by atoms with Crippen molar-refractivity contribution >= 4 is 18.4 Å². The van der Waals surface area contributed by atoms with E-state index in [4.69, 9.17) is 0 Å². The van der Waals surface area contributed by atoms with Gasteiger partial charge in [-0.15, -0.1) is 0 Å². The molecule has 0 aromatic heterocycles. The Balaban J connectivity index is 2.15. The minimum atomic E-state index is 0.288. The quantitative estimate of drug-likeness (QED) is 0.428. The highest BCUT2D eigenvalue weighted by Crippen LogP contribution is 2.13. The Kier molecular flexibility index (Phi) is 2.86. The maximum Gasteiger partial charge on any atom is 0.208 e. The Morgan fingerprint density at radius 3 is 3.22 bits per heavy atom. The van der Waals surface area contributed by atoms with Crippen molar-refractivity contribution in [3.05, 3.63) is 0 Å². The van der Waals surface area contributed by atoms with Gasteiger partial charge in [0.25, 0.3) is 0 Å². The Morgan fingerprint density at radius 1 is 1.78 bits per heavy atom. The predicted molar refractivity (Wildman–Crippen MR) is 37.8 cm³/mol. The average Bonchev–Trinajstić information content (AvgIpc) is 1.91. The highest BCUT2D eigenvalue weighted by Gasteiger charge is 2.10. The number of hydrogen-bond donors (Lipinski definition) is 2. The molecule has 1 aliphatic heterocycles. The molecule has 0 bridgehead atoms. The van der Waals surface area contributed by atoms with Crippen molar-refractivity contribution in [2.24, 2.45) is 0 Å². The number of hydrogen-bond acceptors (Lipinski definition) is 3. The predicted octanol–water partition coefficient (Wildman–Crippen LogP) is 0.0901. The third-order valence-corrected chi connectivity index (χ3v) is 2.25. The minimum absolute atomic E-state index is 0.288. The summed E-state index contributed by atoms with van der Waals surface area (Å²) in [5, 5.41) is 2.99. The molecule has 0 aromatic rings. The average molecular weight is 146 g/mol. The summed E-state index contributed by atoms with van der Waals surface area (Å²) in [5.74, 6) is 0. The van der Waals surface area contributed by atoms with E-state index >= 15 is 0 Å². The van der Waals surface area contributed by atoms with Crippen LogP contribution < -0.4 is 10.0 Å². The smallest absolute Gasteiger partial charge is 0.208 e. The lowest BCUT2D eigenvalue weighted by Gasteiger charge is -2.20. The van der Waals surface area contributed by atoms with Gasteiger partial charge < -0.3 is 5.32 Å². The monoisotopic (exact) mass is 146 g/mol. The molecule has 1 aliphatic rings. The molecule has 0 saturated carbocycles. The van der Waals surface area contributed by atoms with Crippen LogP contribution in [-0.4, -0.2) is 18.3 Å². The van der Waals surface area contributed by atoms with Crippen molar-refractivity contribution in [3.8, 4) is 0 Å². The molecule has 1 atom stereocenters. The zero-order chi connectivity index (χ0) is 6.53. The number of carbonyl (C=O) groups is 1. The summed E-state index contributed by atoms with van der Waals surface area (Å²) in [6.45, 7) is 1.06. The molecule has 1 fully saturated rings. The standard InChI is InChI=1S/C5H10N2OS/c8-4-6-5-2-1-3-7-9-5/h4-5,7H,1-3H2,(H,6,8). The normalized spacial score (nSPS) is 27.3. The molecule has 1 unspecified atom stereocenters. The van der Waals surface area contributed by atoms with Gasteiger partial charge in [0.05, 0.1) is 5.37 Å². The van der Waals surface area contributed by atoms with E-state index < -0.39 is 0 Å². The summed E-state index contributed by atoms with van der Waals surface area (Å²) >= 11 is 1.60. The third-order valence-electron chi connectivity index (χ3n) is 1.22. The molecule has 1 heterocycles. The lowest BCUT2D eigenvalue weighted by molar-refractivity contribution is -0.109. The first-order valence-corrected chi connectivity index (χ1v) is 3.89. The Hall–Kier alpha value is -0.220. The van der Waals surface area contributed by atoms with Gasteiger partial charge in [-0.05, 0) is 12.8 Å². The zero-order valence-corrected chi connectivity index (χ0v) is 5.91. The summed E-state index contributed by atoms with van der Waals surface area (Å²) in [6.07, 6.45) is 2.99. The van der Waals surface area contributed by atoms with Crippen LogP contribution in [0.2, 0.25) is 0 Å². The number of rotatable bonds is 2. The molecule has 1 saturated heterocycles. The number of nitrogens with one attached hydrogen (secondary N) is 2. The Bertz CT molecular complexity index is 93.0. The summed E-state index contributed by atoms with van der Waals surface area (Å²) in [5.41, 5.74) is 0. The van der Waals surface area contributed by atoms with Gasteiger partial charge in [-0.1, -0.05) is 11.9 Å². The second-order valence-electron chi connectivity index (χ2n) is 1.93. The van der Waals surface area contributed by atoms with Crippen molar-refractivity contribution in [2.45, 2.75) is 18.2 Å². The first kappa shape index (κ1) is 6.89. The van der Waals surface area contributed by atoms with Gasteiger partial charge in [0.15, 0.2) is 0 Å². The third kappa shape index (κ3) is 2.24. The largest absolute Gasteiger partial charge is 0.346 e. The molecule has 0 spiro atoms. The second kappa shape index (κ2) is 3.74. The highest BCUT2D eigenvalue weighted by molar-refractivity contribution is 7.98. The summed E-state index contributed by atoms with van der Waals surface area (Å²) < 4.78 is 3.11. The van der Waals surface area contributed by atoms with E-state index in [-0.39, 0.29) is 5.37 Å². The van der Waals surface area contributed by atoms with Crippen LogP contribution in [0.3, 0.4) is 0 Å². The fourth-order valence-corrected chi connectivity index (χ4v) is 1.64. The minimum Gasteiger partial charge on any atom is -0.346 e. The zero-order valence-electron chi connectivity index (χ0n) is 5.09. The van der Waals surface area contributed by atoms with Crippen molar-refractivity contribution in [1.82, 2.24) is 10.0 Å². The van der Waals surface area contributed by atoms with E-state index in [0.29, 0.717) is 0 Å². The molecule has 0 radical (unpaired) electrons. The van der Waals surface area contributed by atoms with Gasteiger partial charge >= 0.3 is 0 Å². The number of carbonyl (C=O) groups excluding carboxylic acids is 1. The van der Waals surface area contributed by atoms with E-state index in [1.165, 1.54) is 0 Å². The fraction of sp³-hybridized carbons (Fsp3) is 0.800. The van der Waals surface area contributed by atoms with E-state index in [2.05, 4.69) is 10.0 Å². The molecule has 1 amide bonds. The van der Waals surface area contributed by atoms with Crippen LogP contribution >= 0.6 is 11.9 Å².